The Labute approximate surface area is 153 Å². The van der Waals surface area contributed by atoms with Crippen LogP contribution in [0.4, 0.5) is 11.5 Å². The highest BCUT2D eigenvalue weighted by Crippen LogP contribution is 2.19. The van der Waals surface area contributed by atoms with Gasteiger partial charge in [0.25, 0.3) is 5.91 Å². The number of carbonyl (C=O) groups excluding carboxylic acids is 1. The van der Waals surface area contributed by atoms with Gasteiger partial charge in [-0.05, 0) is 36.8 Å². The number of hydrogen-bond acceptors (Lipinski definition) is 4. The van der Waals surface area contributed by atoms with E-state index in [1.54, 1.807) is 31.5 Å². The van der Waals surface area contributed by atoms with Gasteiger partial charge in [-0.15, -0.1) is 0 Å². The topological polar surface area (TPSA) is 63.2 Å². The maximum Gasteiger partial charge on any atom is 0.259 e. The average molecular weight is 347 g/mol. The summed E-state index contributed by atoms with van der Waals surface area (Å²) in [5, 5.41) is 6.11. The van der Waals surface area contributed by atoms with Crippen LogP contribution in [0.3, 0.4) is 0 Å². The van der Waals surface area contributed by atoms with Gasteiger partial charge in [0, 0.05) is 6.54 Å². The van der Waals surface area contributed by atoms with E-state index >= 15 is 0 Å². The molecule has 5 heteroatoms. The summed E-state index contributed by atoms with van der Waals surface area (Å²) in [6, 6.07) is 19.1. The molecule has 0 radical (unpaired) electrons. The van der Waals surface area contributed by atoms with Gasteiger partial charge in [-0.25, -0.2) is 4.98 Å². The van der Waals surface area contributed by atoms with Crippen LogP contribution in [0, 0.1) is 6.92 Å². The second-order valence-corrected chi connectivity index (χ2v) is 5.93. The normalized spacial score (nSPS) is 10.2. The van der Waals surface area contributed by atoms with Gasteiger partial charge in [-0.2, -0.15) is 0 Å². The number of amides is 1. The van der Waals surface area contributed by atoms with Crippen molar-refractivity contribution >= 4 is 17.4 Å². The van der Waals surface area contributed by atoms with Crippen molar-refractivity contribution in [2.75, 3.05) is 17.7 Å². The van der Waals surface area contributed by atoms with Gasteiger partial charge in [0.05, 0.1) is 24.6 Å². The first-order valence-corrected chi connectivity index (χ1v) is 8.35. The van der Waals surface area contributed by atoms with Gasteiger partial charge in [0.2, 0.25) is 0 Å². The fourth-order valence-corrected chi connectivity index (χ4v) is 2.62. The molecule has 26 heavy (non-hydrogen) atoms. The molecule has 5 nitrogen and oxygen atoms in total. The molecule has 0 atom stereocenters. The number of para-hydroxylation sites is 1. The molecule has 3 rings (SSSR count). The minimum atomic E-state index is -0.232. The molecule has 0 bridgehead atoms. The predicted molar refractivity (Wildman–Crippen MR) is 104 cm³/mol. The first-order valence-electron chi connectivity index (χ1n) is 8.35. The second-order valence-electron chi connectivity index (χ2n) is 5.93. The molecule has 0 saturated carbocycles. The largest absolute Gasteiger partial charge is 0.496 e. The molecule has 1 aromatic heterocycles. The lowest BCUT2D eigenvalue weighted by molar-refractivity contribution is 0.102. The van der Waals surface area contributed by atoms with E-state index < -0.39 is 0 Å². The third-order valence-corrected chi connectivity index (χ3v) is 3.93. The summed E-state index contributed by atoms with van der Waals surface area (Å²) in [4.78, 5) is 16.7. The lowest BCUT2D eigenvalue weighted by Gasteiger charge is -2.10. The van der Waals surface area contributed by atoms with Crippen molar-refractivity contribution in [1.82, 2.24) is 4.98 Å². The van der Waals surface area contributed by atoms with Gasteiger partial charge in [-0.1, -0.05) is 42.0 Å². The van der Waals surface area contributed by atoms with Crippen LogP contribution < -0.4 is 15.4 Å². The molecule has 0 saturated heterocycles. The Balaban J connectivity index is 1.61. The first kappa shape index (κ1) is 17.5. The summed E-state index contributed by atoms with van der Waals surface area (Å²) >= 11 is 0. The summed E-state index contributed by atoms with van der Waals surface area (Å²) < 4.78 is 5.22. The van der Waals surface area contributed by atoms with E-state index in [9.17, 15) is 4.79 Å². The second kappa shape index (κ2) is 8.16. The van der Waals surface area contributed by atoms with Crippen LogP contribution >= 0.6 is 0 Å². The molecule has 1 heterocycles. The molecule has 0 spiro atoms. The number of benzene rings is 2. The number of nitrogens with one attached hydrogen (secondary N) is 2. The number of carbonyl (C=O) groups is 1. The van der Waals surface area contributed by atoms with Crippen LogP contribution in [0.1, 0.15) is 21.5 Å². The molecule has 3 aromatic rings. The fourth-order valence-electron chi connectivity index (χ4n) is 2.62. The van der Waals surface area contributed by atoms with E-state index in [1.807, 2.05) is 24.3 Å². The van der Waals surface area contributed by atoms with Crippen molar-refractivity contribution in [2.24, 2.45) is 0 Å². The van der Waals surface area contributed by atoms with E-state index in [-0.39, 0.29) is 5.91 Å². The molecular formula is C21H21N3O2. The third kappa shape index (κ3) is 4.39. The number of aromatic nitrogens is 1. The SMILES string of the molecule is COc1ccccc1C(=O)Nc1ccc(NCc2cccc(C)c2)nc1. The van der Waals surface area contributed by atoms with E-state index in [1.165, 1.54) is 11.1 Å². The van der Waals surface area contributed by atoms with Crippen LogP contribution in [0.25, 0.3) is 0 Å². The predicted octanol–water partition coefficient (Wildman–Crippen LogP) is 4.26. The first-order chi connectivity index (χ1) is 12.7. The Morgan fingerprint density at radius 2 is 1.92 bits per heavy atom. The Bertz CT molecular complexity index is 892. The van der Waals surface area contributed by atoms with Crippen molar-refractivity contribution in [3.05, 3.63) is 83.6 Å². The molecule has 132 valence electrons. The Morgan fingerprint density at radius 3 is 2.65 bits per heavy atom. The van der Waals surface area contributed by atoms with E-state index in [4.69, 9.17) is 4.74 Å². The number of anilines is 2. The molecule has 0 unspecified atom stereocenters. The van der Waals surface area contributed by atoms with Crippen molar-refractivity contribution in [2.45, 2.75) is 13.5 Å². The van der Waals surface area contributed by atoms with Crippen molar-refractivity contribution in [3.8, 4) is 5.75 Å². The van der Waals surface area contributed by atoms with Gasteiger partial charge in [0.15, 0.2) is 0 Å². The summed E-state index contributed by atoms with van der Waals surface area (Å²) in [6.07, 6.45) is 1.63. The highest BCUT2D eigenvalue weighted by Gasteiger charge is 2.11. The highest BCUT2D eigenvalue weighted by molar-refractivity contribution is 6.06. The van der Waals surface area contributed by atoms with Crippen molar-refractivity contribution in [3.63, 3.8) is 0 Å². The van der Waals surface area contributed by atoms with Crippen molar-refractivity contribution in [1.29, 1.82) is 0 Å². The Kier molecular flexibility index (Phi) is 5.49. The number of hydrogen-bond donors (Lipinski definition) is 2. The summed E-state index contributed by atoms with van der Waals surface area (Å²) in [6.45, 7) is 2.77. The minimum Gasteiger partial charge on any atom is -0.496 e. The molecule has 0 fully saturated rings. The molecule has 0 aliphatic heterocycles. The monoisotopic (exact) mass is 347 g/mol. The lowest BCUT2D eigenvalue weighted by Crippen LogP contribution is -2.13. The zero-order chi connectivity index (χ0) is 18.4. The summed E-state index contributed by atoms with van der Waals surface area (Å²) in [5.74, 6) is 1.06. The molecule has 0 aliphatic carbocycles. The number of ether oxygens (including phenoxy) is 1. The van der Waals surface area contributed by atoms with Gasteiger partial charge >= 0.3 is 0 Å². The van der Waals surface area contributed by atoms with E-state index in [0.29, 0.717) is 23.5 Å². The molecule has 1 amide bonds. The van der Waals surface area contributed by atoms with Crippen LogP contribution in [0.15, 0.2) is 66.9 Å². The number of pyridine rings is 1. The molecule has 0 aliphatic rings. The minimum absolute atomic E-state index is 0.232. The highest BCUT2D eigenvalue weighted by atomic mass is 16.5. The van der Waals surface area contributed by atoms with Crippen LogP contribution in [0.2, 0.25) is 0 Å². The maximum absolute atomic E-state index is 12.4. The standard InChI is InChI=1S/C21H21N3O2/c1-15-6-5-7-16(12-15)13-22-20-11-10-17(14-23-20)24-21(25)18-8-3-4-9-19(18)26-2/h3-12,14H,13H2,1-2H3,(H,22,23)(H,24,25). The molecular weight excluding hydrogens is 326 g/mol. The van der Waals surface area contributed by atoms with E-state index in [0.717, 1.165) is 5.82 Å². The number of aryl methyl sites for hydroxylation is 1. The Hall–Kier alpha value is -3.34. The Morgan fingerprint density at radius 1 is 1.08 bits per heavy atom. The van der Waals surface area contributed by atoms with Crippen LogP contribution in [-0.4, -0.2) is 18.0 Å². The smallest absolute Gasteiger partial charge is 0.259 e. The van der Waals surface area contributed by atoms with Gasteiger partial charge < -0.3 is 15.4 Å². The number of nitrogens with zero attached hydrogens (tertiary/aromatic N) is 1. The maximum atomic E-state index is 12.4. The van der Waals surface area contributed by atoms with Crippen LogP contribution in [-0.2, 0) is 6.54 Å². The van der Waals surface area contributed by atoms with Crippen LogP contribution in [0.5, 0.6) is 5.75 Å². The molecule has 2 N–H and O–H groups in total. The number of rotatable bonds is 6. The zero-order valence-corrected chi connectivity index (χ0v) is 14.8. The fraction of sp³-hybridized carbons (Fsp3) is 0.143. The molecule has 2 aromatic carbocycles. The van der Waals surface area contributed by atoms with Gasteiger partial charge in [-0.3, -0.25) is 4.79 Å². The van der Waals surface area contributed by atoms with Crippen molar-refractivity contribution < 1.29 is 9.53 Å². The quantitative estimate of drug-likeness (QED) is 0.699. The van der Waals surface area contributed by atoms with Gasteiger partial charge in [0.1, 0.15) is 11.6 Å². The lowest BCUT2D eigenvalue weighted by atomic mass is 10.1. The number of methoxy groups -OCH3 is 1. The summed E-state index contributed by atoms with van der Waals surface area (Å²) in [7, 11) is 1.54. The average Bonchev–Trinajstić information content (AvgIpc) is 2.67. The van der Waals surface area contributed by atoms with E-state index in [2.05, 4.69) is 40.7 Å². The summed E-state index contributed by atoms with van der Waals surface area (Å²) in [5.41, 5.74) is 3.53. The zero-order valence-electron chi connectivity index (χ0n) is 14.8. The third-order valence-electron chi connectivity index (χ3n) is 3.93.